The Morgan fingerprint density at radius 1 is 1.27 bits per heavy atom. The minimum absolute atomic E-state index is 0.0619. The molecule has 2 heterocycles. The second-order valence-electron chi connectivity index (χ2n) is 5.75. The first kappa shape index (κ1) is 21.8. The molecular weight excluding hydrogens is 457 g/mol. The highest BCUT2D eigenvalue weighted by atomic mass is 35.5. The number of alkyl halides is 1. The lowest BCUT2D eigenvalue weighted by Crippen LogP contribution is -2.07. The fourth-order valence-electron chi connectivity index (χ4n) is 2.24. The third-order valence-corrected chi connectivity index (χ3v) is 4.80. The lowest BCUT2D eigenvalue weighted by atomic mass is 10.1. The molecule has 1 aromatic carbocycles. The van der Waals surface area contributed by atoms with E-state index in [1.807, 2.05) is 6.07 Å². The highest BCUT2D eigenvalue weighted by molar-refractivity contribution is 7.90. The van der Waals surface area contributed by atoms with Crippen molar-refractivity contribution < 1.29 is 22.3 Å². The summed E-state index contributed by atoms with van der Waals surface area (Å²) in [5.41, 5.74) is 0.872. The first-order valence-corrected chi connectivity index (χ1v) is 11.0. The number of hydrogen-bond donors (Lipinski definition) is 0. The van der Waals surface area contributed by atoms with Crippen molar-refractivity contribution >= 4 is 33.0 Å². The quantitative estimate of drug-likeness (QED) is 0.356. The number of hydrogen-bond acceptors (Lipinski definition) is 10. The molecule has 13 heteroatoms. The Hall–Kier alpha value is -2.94. The molecule has 10 nitrogen and oxygen atoms in total. The second-order valence-corrected chi connectivity index (χ2v) is 8.44. The summed E-state index contributed by atoms with van der Waals surface area (Å²) in [6, 6.07) is 6.47. The zero-order chi connectivity index (χ0) is 21.7. The Bertz CT molecular complexity index is 1210. The molecule has 0 bridgehead atoms. The summed E-state index contributed by atoms with van der Waals surface area (Å²) in [5, 5.41) is 16.8. The maximum absolute atomic E-state index is 11.5. The Labute approximate surface area is 181 Å². The Morgan fingerprint density at radius 3 is 2.77 bits per heavy atom. The van der Waals surface area contributed by atoms with Gasteiger partial charge in [0.25, 0.3) is 5.89 Å². The molecule has 0 fully saturated rings. The van der Waals surface area contributed by atoms with Crippen LogP contribution < -0.4 is 9.47 Å². The van der Waals surface area contributed by atoms with E-state index >= 15 is 0 Å². The normalized spacial score (nSPS) is 11.1. The van der Waals surface area contributed by atoms with Gasteiger partial charge in [-0.15, -0.1) is 16.7 Å². The zero-order valence-corrected chi connectivity index (χ0v) is 17.7. The number of rotatable bonds is 8. The maximum Gasteiger partial charge on any atom is 0.415 e. The summed E-state index contributed by atoms with van der Waals surface area (Å²) < 4.78 is 39.2. The van der Waals surface area contributed by atoms with Gasteiger partial charge in [0.1, 0.15) is 19.3 Å². The largest absolute Gasteiger partial charge is 0.489 e. The van der Waals surface area contributed by atoms with Gasteiger partial charge in [-0.3, -0.25) is 0 Å². The molecule has 0 amide bonds. The summed E-state index contributed by atoms with van der Waals surface area (Å²) in [5.74, 6) is 0.516. The van der Waals surface area contributed by atoms with Crippen molar-refractivity contribution in [2.24, 2.45) is 0 Å². The summed E-state index contributed by atoms with van der Waals surface area (Å²) in [4.78, 5) is 7.60. The number of halogens is 2. The van der Waals surface area contributed by atoms with Gasteiger partial charge >= 0.3 is 6.08 Å². The van der Waals surface area contributed by atoms with Crippen LogP contribution in [0.2, 0.25) is 5.02 Å². The third-order valence-electron chi connectivity index (χ3n) is 3.51. The van der Waals surface area contributed by atoms with Crippen LogP contribution in [0.5, 0.6) is 11.8 Å². The predicted molar refractivity (Wildman–Crippen MR) is 105 cm³/mol. The van der Waals surface area contributed by atoms with Gasteiger partial charge < -0.3 is 13.9 Å². The minimum atomic E-state index is -3.55. The summed E-state index contributed by atoms with van der Waals surface area (Å²) in [6.07, 6.45) is 2.13. The van der Waals surface area contributed by atoms with Gasteiger partial charge in [0, 0.05) is 18.0 Å². The number of aromatic nitrogens is 4. The van der Waals surface area contributed by atoms with E-state index in [1.165, 1.54) is 24.4 Å². The van der Waals surface area contributed by atoms with E-state index in [4.69, 9.17) is 37.1 Å². The van der Waals surface area contributed by atoms with Gasteiger partial charge in [0.2, 0.25) is 15.0 Å². The Balaban J connectivity index is 1.77. The average molecular weight is 470 g/mol. The number of nitriles is 1. The number of sulfone groups is 1. The van der Waals surface area contributed by atoms with E-state index in [-0.39, 0.29) is 52.6 Å². The Kier molecular flexibility index (Phi) is 6.71. The minimum Gasteiger partial charge on any atom is -0.489 e. The van der Waals surface area contributed by atoms with Gasteiger partial charge in [-0.1, -0.05) is 16.7 Å². The fraction of sp³-hybridized carbons (Fsp3) is 0.235. The molecule has 2 aromatic heterocycles. The predicted octanol–water partition coefficient (Wildman–Crippen LogP) is 2.65. The highest BCUT2D eigenvalue weighted by Crippen LogP contribution is 2.34. The van der Waals surface area contributed by atoms with Crippen LogP contribution in [-0.4, -0.2) is 47.3 Å². The van der Waals surface area contributed by atoms with E-state index in [2.05, 4.69) is 20.2 Å². The van der Waals surface area contributed by atoms with E-state index in [0.717, 1.165) is 6.26 Å². The van der Waals surface area contributed by atoms with Crippen molar-refractivity contribution in [1.29, 1.82) is 5.26 Å². The van der Waals surface area contributed by atoms with E-state index in [0.29, 0.717) is 11.3 Å². The standard InChI is InChI=1S/C17H13Cl2N5O5S/c1-30(25,26)16-21-4-2-12(22-16)9-28-17-24-23-15(29-17)10-6-11(8-20)14(13(19)7-10)27-5-3-18/h2,4,6-7H,3,5,9H2,1H3. The first-order chi connectivity index (χ1) is 14.3. The van der Waals surface area contributed by atoms with E-state index in [9.17, 15) is 13.7 Å². The van der Waals surface area contributed by atoms with Crippen LogP contribution in [0.1, 0.15) is 11.3 Å². The molecule has 0 atom stereocenters. The van der Waals surface area contributed by atoms with Crippen LogP contribution >= 0.6 is 23.2 Å². The molecule has 0 unspecified atom stereocenters. The van der Waals surface area contributed by atoms with E-state index in [1.54, 1.807) is 0 Å². The van der Waals surface area contributed by atoms with E-state index < -0.39 is 9.84 Å². The second kappa shape index (κ2) is 9.25. The van der Waals surface area contributed by atoms with Crippen molar-refractivity contribution in [1.82, 2.24) is 20.2 Å². The molecular formula is C17H13Cl2N5O5S. The number of benzene rings is 1. The van der Waals surface area contributed by atoms with Crippen molar-refractivity contribution in [2.45, 2.75) is 11.8 Å². The SMILES string of the molecule is CS(=O)(=O)c1nccc(COc2nnc(-c3cc(Cl)c(OCCCl)c(C#N)c3)o2)n1. The molecule has 156 valence electrons. The molecule has 3 aromatic rings. The summed E-state index contributed by atoms with van der Waals surface area (Å²) in [7, 11) is -3.55. The van der Waals surface area contributed by atoms with Gasteiger partial charge in [-0.05, 0) is 18.2 Å². The molecule has 0 spiro atoms. The smallest absolute Gasteiger partial charge is 0.415 e. The van der Waals surface area contributed by atoms with Crippen LogP contribution in [-0.2, 0) is 16.4 Å². The summed E-state index contributed by atoms with van der Waals surface area (Å²) in [6.45, 7) is 0.0695. The molecule has 30 heavy (non-hydrogen) atoms. The topological polar surface area (TPSA) is 141 Å². The molecule has 0 aliphatic rings. The number of ether oxygens (including phenoxy) is 2. The van der Waals surface area contributed by atoms with Gasteiger partial charge in [-0.2, -0.15) is 5.26 Å². The molecule has 0 aliphatic heterocycles. The zero-order valence-electron chi connectivity index (χ0n) is 15.4. The van der Waals surface area contributed by atoms with Crippen molar-refractivity contribution in [2.75, 3.05) is 18.7 Å². The monoisotopic (exact) mass is 469 g/mol. The first-order valence-electron chi connectivity index (χ1n) is 8.23. The summed E-state index contributed by atoms with van der Waals surface area (Å²) >= 11 is 11.8. The van der Waals surface area contributed by atoms with Crippen LogP contribution in [0, 0.1) is 11.3 Å². The van der Waals surface area contributed by atoms with Crippen LogP contribution in [0.15, 0.2) is 34.0 Å². The van der Waals surface area contributed by atoms with Gasteiger partial charge in [0.05, 0.1) is 22.2 Å². The van der Waals surface area contributed by atoms with Crippen molar-refractivity contribution in [3.8, 4) is 29.3 Å². The van der Waals surface area contributed by atoms with Gasteiger partial charge in [0.15, 0.2) is 5.75 Å². The van der Waals surface area contributed by atoms with Crippen molar-refractivity contribution in [3.63, 3.8) is 0 Å². The fourth-order valence-corrected chi connectivity index (χ4v) is 3.13. The lowest BCUT2D eigenvalue weighted by Gasteiger charge is -2.09. The molecule has 3 rings (SSSR count). The molecule has 0 radical (unpaired) electrons. The van der Waals surface area contributed by atoms with Crippen LogP contribution in [0.25, 0.3) is 11.5 Å². The molecule has 0 saturated heterocycles. The van der Waals surface area contributed by atoms with Crippen LogP contribution in [0.3, 0.4) is 0 Å². The van der Waals surface area contributed by atoms with Crippen LogP contribution in [0.4, 0.5) is 0 Å². The Morgan fingerprint density at radius 2 is 2.07 bits per heavy atom. The number of nitrogens with zero attached hydrogens (tertiary/aromatic N) is 5. The average Bonchev–Trinajstić information content (AvgIpc) is 3.19. The highest BCUT2D eigenvalue weighted by Gasteiger charge is 2.17. The molecule has 0 aliphatic carbocycles. The molecule has 0 N–H and O–H groups in total. The lowest BCUT2D eigenvalue weighted by molar-refractivity contribution is 0.218. The molecule has 0 saturated carbocycles. The third kappa shape index (κ3) is 5.15. The van der Waals surface area contributed by atoms with Crippen molar-refractivity contribution in [3.05, 3.63) is 40.7 Å². The van der Waals surface area contributed by atoms with Gasteiger partial charge in [-0.25, -0.2) is 18.4 Å². The maximum atomic E-state index is 11.5.